The van der Waals surface area contributed by atoms with Crippen LogP contribution in [0.4, 0.5) is 0 Å². The van der Waals surface area contributed by atoms with Crippen LogP contribution in [-0.4, -0.2) is 70.3 Å². The minimum absolute atomic E-state index is 0.0510. The van der Waals surface area contributed by atoms with Crippen LogP contribution in [0.1, 0.15) is 36.2 Å². The van der Waals surface area contributed by atoms with Crippen LogP contribution in [0.2, 0.25) is 0 Å². The molecule has 0 saturated heterocycles. The van der Waals surface area contributed by atoms with Gasteiger partial charge in [-0.25, -0.2) is 4.99 Å². The molecule has 0 atom stereocenters. The number of guanidine groups is 1. The van der Waals surface area contributed by atoms with E-state index in [9.17, 15) is 4.79 Å². The zero-order valence-corrected chi connectivity index (χ0v) is 17.2. The summed E-state index contributed by atoms with van der Waals surface area (Å²) in [6.07, 6.45) is 1.03. The van der Waals surface area contributed by atoms with E-state index in [1.165, 1.54) is 0 Å². The van der Waals surface area contributed by atoms with Crippen LogP contribution in [0, 0.1) is 0 Å². The molecule has 0 fully saturated rings. The van der Waals surface area contributed by atoms with Gasteiger partial charge >= 0.3 is 0 Å². The van der Waals surface area contributed by atoms with Gasteiger partial charge in [-0.05, 0) is 45.0 Å². The van der Waals surface area contributed by atoms with Crippen molar-refractivity contribution in [3.8, 4) is 0 Å². The van der Waals surface area contributed by atoms with Crippen molar-refractivity contribution < 1.29 is 9.53 Å². The maximum Gasteiger partial charge on any atom is 0.251 e. The molecule has 0 saturated carbocycles. The number of benzene rings is 1. The van der Waals surface area contributed by atoms with Gasteiger partial charge in [-0.1, -0.05) is 12.1 Å². The van der Waals surface area contributed by atoms with E-state index in [0.717, 1.165) is 50.7 Å². The SMILES string of the molecule is CCNC(=O)c1cccc(CN=C(NCC)NCCN(C)CCCOC)c1. The summed E-state index contributed by atoms with van der Waals surface area (Å²) >= 11 is 0. The molecular weight excluding hydrogens is 342 g/mol. The molecule has 0 radical (unpaired) electrons. The molecule has 0 aromatic heterocycles. The lowest BCUT2D eigenvalue weighted by Gasteiger charge is -2.18. The summed E-state index contributed by atoms with van der Waals surface area (Å²) in [5.74, 6) is 0.732. The molecule has 152 valence electrons. The van der Waals surface area contributed by atoms with Crippen molar-refractivity contribution in [2.24, 2.45) is 4.99 Å². The van der Waals surface area contributed by atoms with Gasteiger partial charge in [0.15, 0.2) is 5.96 Å². The first-order chi connectivity index (χ1) is 13.1. The summed E-state index contributed by atoms with van der Waals surface area (Å²) in [6.45, 7) is 9.44. The predicted molar refractivity (Wildman–Crippen MR) is 111 cm³/mol. The second-order valence-corrected chi connectivity index (χ2v) is 6.33. The number of nitrogens with zero attached hydrogens (tertiary/aromatic N) is 2. The Balaban J connectivity index is 2.53. The fourth-order valence-electron chi connectivity index (χ4n) is 2.54. The number of methoxy groups -OCH3 is 1. The molecule has 7 heteroatoms. The molecule has 3 N–H and O–H groups in total. The molecule has 0 aliphatic rings. The molecule has 1 amide bonds. The topological polar surface area (TPSA) is 78.0 Å². The normalized spacial score (nSPS) is 11.5. The first-order valence-electron chi connectivity index (χ1n) is 9.67. The molecule has 1 aromatic carbocycles. The maximum absolute atomic E-state index is 12.0. The molecule has 0 heterocycles. The van der Waals surface area contributed by atoms with E-state index in [1.807, 2.05) is 38.1 Å². The second-order valence-electron chi connectivity index (χ2n) is 6.33. The van der Waals surface area contributed by atoms with Crippen molar-refractivity contribution in [2.45, 2.75) is 26.8 Å². The highest BCUT2D eigenvalue weighted by atomic mass is 16.5. The van der Waals surface area contributed by atoms with E-state index in [4.69, 9.17) is 4.74 Å². The van der Waals surface area contributed by atoms with Gasteiger partial charge in [-0.3, -0.25) is 4.79 Å². The Labute approximate surface area is 163 Å². The Morgan fingerprint density at radius 2 is 1.93 bits per heavy atom. The van der Waals surface area contributed by atoms with Gasteiger partial charge in [0.1, 0.15) is 0 Å². The third-order valence-electron chi connectivity index (χ3n) is 3.96. The Kier molecular flexibility index (Phi) is 11.9. The summed E-state index contributed by atoms with van der Waals surface area (Å²) < 4.78 is 5.08. The first kappa shape index (κ1) is 22.9. The molecule has 0 unspecified atom stereocenters. The molecule has 0 spiro atoms. The van der Waals surface area contributed by atoms with Crippen LogP contribution in [0.3, 0.4) is 0 Å². The third kappa shape index (κ3) is 9.96. The van der Waals surface area contributed by atoms with Crippen LogP contribution in [-0.2, 0) is 11.3 Å². The highest BCUT2D eigenvalue weighted by Gasteiger charge is 2.05. The number of amides is 1. The first-order valence-corrected chi connectivity index (χ1v) is 9.67. The van der Waals surface area contributed by atoms with E-state index < -0.39 is 0 Å². The lowest BCUT2D eigenvalue weighted by molar-refractivity contribution is 0.0955. The van der Waals surface area contributed by atoms with Crippen LogP contribution >= 0.6 is 0 Å². The zero-order chi connectivity index (χ0) is 19.9. The molecule has 0 aliphatic carbocycles. The molecule has 0 bridgehead atoms. The lowest BCUT2D eigenvalue weighted by atomic mass is 10.1. The van der Waals surface area contributed by atoms with Crippen LogP contribution < -0.4 is 16.0 Å². The van der Waals surface area contributed by atoms with Gasteiger partial charge in [-0.2, -0.15) is 0 Å². The van der Waals surface area contributed by atoms with Gasteiger partial charge in [0, 0.05) is 52.0 Å². The predicted octanol–water partition coefficient (Wildman–Crippen LogP) is 1.46. The fraction of sp³-hybridized carbons (Fsp3) is 0.600. The number of hydrogen-bond acceptors (Lipinski definition) is 4. The Bertz CT molecular complexity index is 577. The maximum atomic E-state index is 12.0. The van der Waals surface area contributed by atoms with Gasteiger partial charge < -0.3 is 25.6 Å². The van der Waals surface area contributed by atoms with E-state index >= 15 is 0 Å². The second kappa shape index (κ2) is 14.0. The minimum Gasteiger partial charge on any atom is -0.385 e. The average Bonchev–Trinajstić information content (AvgIpc) is 2.67. The van der Waals surface area contributed by atoms with Crippen LogP contribution in [0.15, 0.2) is 29.3 Å². The number of ether oxygens (including phenoxy) is 1. The number of hydrogen-bond donors (Lipinski definition) is 3. The van der Waals surface area contributed by atoms with E-state index in [-0.39, 0.29) is 5.91 Å². The van der Waals surface area contributed by atoms with E-state index in [1.54, 1.807) is 7.11 Å². The van der Waals surface area contributed by atoms with E-state index in [2.05, 4.69) is 32.9 Å². The average molecular weight is 378 g/mol. The van der Waals surface area contributed by atoms with Crippen molar-refractivity contribution in [3.63, 3.8) is 0 Å². The monoisotopic (exact) mass is 377 g/mol. The highest BCUT2D eigenvalue weighted by molar-refractivity contribution is 5.94. The Hall–Kier alpha value is -2.12. The van der Waals surface area contributed by atoms with Gasteiger partial charge in [-0.15, -0.1) is 0 Å². The summed E-state index contributed by atoms with van der Waals surface area (Å²) in [7, 11) is 3.83. The van der Waals surface area contributed by atoms with Crippen molar-refractivity contribution in [3.05, 3.63) is 35.4 Å². The standard InChI is InChI=1S/C20H35N5O2/c1-5-21-19(26)18-10-7-9-17(15-18)16-24-20(22-6-2)23-11-13-25(3)12-8-14-27-4/h7,9-10,15H,5-6,8,11-14,16H2,1-4H3,(H,21,26)(H2,22,23,24). The molecular formula is C20H35N5O2. The number of carbonyl (C=O) groups is 1. The van der Waals surface area contributed by atoms with Crippen LogP contribution in [0.5, 0.6) is 0 Å². The van der Waals surface area contributed by atoms with Crippen molar-refractivity contribution in [1.29, 1.82) is 0 Å². The minimum atomic E-state index is -0.0510. The number of nitrogens with one attached hydrogen (secondary N) is 3. The molecule has 1 rings (SSSR count). The smallest absolute Gasteiger partial charge is 0.251 e. The van der Waals surface area contributed by atoms with Crippen LogP contribution in [0.25, 0.3) is 0 Å². The molecule has 7 nitrogen and oxygen atoms in total. The summed E-state index contributed by atoms with van der Waals surface area (Å²) in [5.41, 5.74) is 1.67. The Morgan fingerprint density at radius 1 is 1.15 bits per heavy atom. The molecule has 0 aliphatic heterocycles. The van der Waals surface area contributed by atoms with Gasteiger partial charge in [0.25, 0.3) is 5.91 Å². The largest absolute Gasteiger partial charge is 0.385 e. The fourth-order valence-corrected chi connectivity index (χ4v) is 2.54. The van der Waals surface area contributed by atoms with E-state index in [0.29, 0.717) is 18.7 Å². The van der Waals surface area contributed by atoms with Crippen molar-refractivity contribution >= 4 is 11.9 Å². The lowest BCUT2D eigenvalue weighted by Crippen LogP contribution is -2.41. The number of aliphatic imine (C=N–C) groups is 1. The summed E-state index contributed by atoms with van der Waals surface area (Å²) in [6, 6.07) is 7.59. The quantitative estimate of drug-likeness (QED) is 0.292. The number of carbonyl (C=O) groups excluding carboxylic acids is 1. The Morgan fingerprint density at radius 3 is 2.63 bits per heavy atom. The van der Waals surface area contributed by atoms with Crippen molar-refractivity contribution in [1.82, 2.24) is 20.9 Å². The summed E-state index contributed by atoms with van der Waals surface area (Å²) in [4.78, 5) is 18.8. The molecule has 1 aromatic rings. The highest BCUT2D eigenvalue weighted by Crippen LogP contribution is 2.06. The summed E-state index contributed by atoms with van der Waals surface area (Å²) in [5, 5.41) is 9.43. The molecule has 27 heavy (non-hydrogen) atoms. The van der Waals surface area contributed by atoms with Gasteiger partial charge in [0.2, 0.25) is 0 Å². The number of likely N-dealkylation sites (N-methyl/N-ethyl adjacent to an activating group) is 1. The third-order valence-corrected chi connectivity index (χ3v) is 3.96. The van der Waals surface area contributed by atoms with Crippen molar-refractivity contribution in [2.75, 3.05) is 53.5 Å². The zero-order valence-electron chi connectivity index (χ0n) is 17.2. The number of rotatable bonds is 12. The van der Waals surface area contributed by atoms with Gasteiger partial charge in [0.05, 0.1) is 6.54 Å².